The molecular weight excluding hydrogens is 1250 g/mol. The third kappa shape index (κ3) is 14.3. The van der Waals surface area contributed by atoms with Crippen LogP contribution in [0.25, 0.3) is 0 Å². The lowest BCUT2D eigenvalue weighted by atomic mass is 10.1. The van der Waals surface area contributed by atoms with Gasteiger partial charge in [0.15, 0.2) is 0 Å². The number of anilines is 3. The maximum atomic E-state index is 13.8. The molecule has 368 valence electrons. The Labute approximate surface area is 427 Å². The van der Waals surface area contributed by atoms with E-state index in [0.717, 1.165) is 4.90 Å². The number of nitrogens with zero attached hydrogens (tertiary/aromatic N) is 4. The zero-order valence-electron chi connectivity index (χ0n) is 33.6. The summed E-state index contributed by atoms with van der Waals surface area (Å²) in [6, 6.07) is 19.9. The highest BCUT2D eigenvalue weighted by Crippen LogP contribution is 2.29. The summed E-state index contributed by atoms with van der Waals surface area (Å²) in [5.41, 5.74) is 8.53. The number of halogens is 8. The van der Waals surface area contributed by atoms with Gasteiger partial charge in [0, 0.05) is 17.3 Å². The summed E-state index contributed by atoms with van der Waals surface area (Å²) in [6.45, 7) is 0.554. The first kappa shape index (κ1) is 57.3. The predicted octanol–water partition coefficient (Wildman–Crippen LogP) is 7.01. The van der Waals surface area contributed by atoms with E-state index in [4.69, 9.17) is 25.2 Å². The summed E-state index contributed by atoms with van der Waals surface area (Å²) in [4.78, 5) is 75.8. The number of ether oxygens (including phenoxy) is 3. The van der Waals surface area contributed by atoms with Crippen molar-refractivity contribution >= 4 is 121 Å². The highest BCUT2D eigenvalue weighted by molar-refractivity contribution is 14.1. The molecule has 6 amide bonds. The van der Waals surface area contributed by atoms with Crippen LogP contribution in [0.5, 0.6) is 0 Å². The summed E-state index contributed by atoms with van der Waals surface area (Å²) in [7, 11) is 0. The number of hydrazine groups is 1. The van der Waals surface area contributed by atoms with E-state index in [-0.39, 0.29) is 59.5 Å². The van der Waals surface area contributed by atoms with E-state index < -0.39 is 66.3 Å². The van der Waals surface area contributed by atoms with Gasteiger partial charge in [-0.15, -0.1) is 5.59 Å². The van der Waals surface area contributed by atoms with Crippen LogP contribution in [0.2, 0.25) is 0 Å². The van der Waals surface area contributed by atoms with Crippen LogP contribution in [0.3, 0.4) is 0 Å². The largest absolute Gasteiger partial charge is 0.443 e. The number of carbonyl (C=O) groups is 6. The number of carbonyl (C=O) groups excluding carboxylic acids is 6. The van der Waals surface area contributed by atoms with Gasteiger partial charge < -0.3 is 30.5 Å². The van der Waals surface area contributed by atoms with Gasteiger partial charge in [-0.1, -0.05) is 27.0 Å². The van der Waals surface area contributed by atoms with Gasteiger partial charge in [0.25, 0.3) is 17.7 Å². The molecule has 18 nitrogen and oxygen atoms in total. The normalized spacial score (nSPS) is 17.9. The molecule has 26 heteroatoms. The molecule has 4 aromatic rings. The molecule has 0 spiro atoms. The lowest BCUT2D eigenvalue weighted by Gasteiger charge is -2.17. The smallest absolute Gasteiger partial charge is 0.414 e. The van der Waals surface area contributed by atoms with Crippen molar-refractivity contribution in [2.45, 2.75) is 39.6 Å². The summed E-state index contributed by atoms with van der Waals surface area (Å²) < 4.78 is 81.2. The highest BCUT2D eigenvalue weighted by atomic mass is 127. The Bertz CT molecular complexity index is 2450. The molecule has 3 fully saturated rings. The van der Waals surface area contributed by atoms with Gasteiger partial charge in [-0.25, -0.2) is 33.4 Å². The van der Waals surface area contributed by atoms with Gasteiger partial charge >= 0.3 is 24.7 Å². The number of hydrogen-bond acceptors (Lipinski definition) is 13. The molecule has 3 atom stereocenters. The van der Waals surface area contributed by atoms with Gasteiger partial charge in [0.1, 0.15) is 35.8 Å². The number of hydrogen-bond donors (Lipinski definition) is 5. The summed E-state index contributed by atoms with van der Waals surface area (Å²) in [5.74, 6) is 0.669. The van der Waals surface area contributed by atoms with E-state index in [1.807, 2.05) is 73.1 Å². The molecule has 4 aromatic carbocycles. The fourth-order valence-electron chi connectivity index (χ4n) is 6.38. The topological polar surface area (TPSA) is 239 Å². The van der Waals surface area contributed by atoms with Crippen LogP contribution in [0.1, 0.15) is 35.6 Å². The molecule has 0 radical (unpaired) electrons. The Kier molecular flexibility index (Phi) is 22.0. The Morgan fingerprint density at radius 1 is 0.662 bits per heavy atom. The zero-order chi connectivity index (χ0) is 48.4. The molecule has 7 N–H and O–H groups in total. The Morgan fingerprint density at radius 3 is 1.37 bits per heavy atom. The number of benzene rings is 4. The molecule has 0 bridgehead atoms. The lowest BCUT2D eigenvalue weighted by Crippen LogP contribution is -2.38. The molecule has 4 heterocycles. The minimum atomic E-state index is -3.12. The molecule has 0 aromatic heterocycles. The lowest BCUT2D eigenvalue weighted by molar-refractivity contribution is -0.132. The molecule has 4 aliphatic heterocycles. The summed E-state index contributed by atoms with van der Waals surface area (Å²) >= 11 is 5.56. The molecule has 3 saturated heterocycles. The Morgan fingerprint density at radius 2 is 1.01 bits per heavy atom. The Balaban J connectivity index is 0.000000265. The first-order valence-electron chi connectivity index (χ1n) is 19.0. The monoisotopic (exact) mass is 1300 g/mol. The predicted molar refractivity (Wildman–Crippen MR) is 263 cm³/mol. The van der Waals surface area contributed by atoms with Crippen molar-refractivity contribution in [3.05, 3.63) is 118 Å². The van der Waals surface area contributed by atoms with Crippen molar-refractivity contribution in [1.29, 1.82) is 0 Å². The molecule has 68 heavy (non-hydrogen) atoms. The maximum Gasteiger partial charge on any atom is 0.414 e. The molecule has 8 rings (SSSR count). The molecule has 0 saturated carbocycles. The number of cyclic esters (lactones) is 3. The van der Waals surface area contributed by atoms with E-state index >= 15 is 0 Å². The quantitative estimate of drug-likeness (QED) is 0.0283. The third-order valence-electron chi connectivity index (χ3n) is 9.50. The van der Waals surface area contributed by atoms with Crippen molar-refractivity contribution in [2.75, 3.05) is 54.0 Å². The third-order valence-corrected chi connectivity index (χ3v) is 12.1. The minimum Gasteiger partial charge on any atom is -0.443 e. The van der Waals surface area contributed by atoms with E-state index in [9.17, 15) is 50.7 Å². The first-order chi connectivity index (χ1) is 31.4. The standard InChI is InChI=1S/C18H12FIN2O4.C12H10F3IN2O3.C10H10FIN2O2.2CH4.H4N2O/c19-14-7-10(5-6-15(14)20)21-8-11(26-18(21)25)9-22-16(23)12-3-1-2-4-13(12)17(22)24;13-8-3-6(1-2-9(8)16)18-5-7(21-12(18)20)4-17-11(19)10(14)15;11-8-3-6(1-2-9(8)12)14-5-7(4-13)16-10(14)15;;;1-2-3/h1-7,11H,8-9H2;1-3,7,10H,4-5H2,(H,17,19);1-3,7H,4-5,13H2;2*1H4;2-3H,1H2/t11-;2*7-;;;/m100.../s1. The van der Waals surface area contributed by atoms with Crippen LogP contribution < -0.4 is 37.2 Å². The number of imide groups is 1. The number of nitrogens with two attached hydrogens (primary N) is 2. The van der Waals surface area contributed by atoms with Crippen LogP contribution in [0.4, 0.5) is 53.4 Å². The number of rotatable bonds is 9. The molecular formula is C42H44F5I3N8O10. The van der Waals surface area contributed by atoms with Gasteiger partial charge in [0.2, 0.25) is 0 Å². The molecule has 0 aliphatic carbocycles. The van der Waals surface area contributed by atoms with Crippen LogP contribution in [0.15, 0.2) is 78.9 Å². The summed E-state index contributed by atoms with van der Waals surface area (Å²) in [5, 5.41) is 9.07. The van der Waals surface area contributed by atoms with Crippen LogP contribution in [-0.4, -0.2) is 110 Å². The van der Waals surface area contributed by atoms with Crippen LogP contribution in [0, 0.1) is 28.2 Å². The number of nitrogens with one attached hydrogen (secondary N) is 2. The maximum absolute atomic E-state index is 13.8. The molecule has 4 aliphatic rings. The van der Waals surface area contributed by atoms with E-state index in [2.05, 4.69) is 5.84 Å². The summed E-state index contributed by atoms with van der Waals surface area (Å²) in [6.07, 6.45) is -6.69. The van der Waals surface area contributed by atoms with Gasteiger partial charge in [0.05, 0.1) is 60.9 Å². The van der Waals surface area contributed by atoms with Gasteiger partial charge in [-0.05, 0) is 135 Å². The second kappa shape index (κ2) is 26.1. The first-order valence-corrected chi connectivity index (χ1v) is 22.2. The van der Waals surface area contributed by atoms with Crippen molar-refractivity contribution < 1.29 is 70.1 Å². The second-order valence-electron chi connectivity index (χ2n) is 13.8. The molecule has 0 unspecified atom stereocenters. The fourth-order valence-corrected chi connectivity index (χ4v) is 7.39. The van der Waals surface area contributed by atoms with E-state index in [1.165, 1.54) is 44.6 Å². The van der Waals surface area contributed by atoms with Crippen molar-refractivity contribution in [3.8, 4) is 0 Å². The van der Waals surface area contributed by atoms with Gasteiger partial charge in [-0.3, -0.25) is 34.0 Å². The van der Waals surface area contributed by atoms with Crippen LogP contribution in [-0.2, 0) is 19.0 Å². The van der Waals surface area contributed by atoms with Crippen molar-refractivity contribution in [1.82, 2.24) is 15.8 Å². The number of alkyl halides is 2. The number of fused-ring (bicyclic) bond motifs is 1. The zero-order valence-corrected chi connectivity index (χ0v) is 40.1. The Hall–Kier alpha value is -5.02. The van der Waals surface area contributed by atoms with E-state index in [1.54, 1.807) is 54.6 Å². The minimum absolute atomic E-state index is 0. The van der Waals surface area contributed by atoms with Crippen LogP contribution >= 0.6 is 67.8 Å². The van der Waals surface area contributed by atoms with Gasteiger partial charge in [-0.2, -0.15) is 8.78 Å². The highest BCUT2D eigenvalue weighted by Gasteiger charge is 2.41. The van der Waals surface area contributed by atoms with Crippen molar-refractivity contribution in [3.63, 3.8) is 0 Å². The SMILES string of the molecule is C.C.NC[C@H]1CN(c2ccc(I)c(F)c2)C(=O)O1.NNO.O=C(NC[C@H]1CN(c2ccc(I)c(F)c2)C(=O)O1)C(F)F.O=C1c2ccccc2C(=O)N1C[C@H]1CN(c2ccc(I)c(F)c2)C(=O)O1. The fraction of sp³-hybridized carbons (Fsp3) is 0.286. The van der Waals surface area contributed by atoms with E-state index in [0.29, 0.717) is 45.4 Å². The average molecular weight is 1300 g/mol. The average Bonchev–Trinajstić information content (AvgIpc) is 4.04. The number of amides is 6. The second-order valence-corrected chi connectivity index (χ2v) is 17.3. The van der Waals surface area contributed by atoms with Crippen molar-refractivity contribution in [2.24, 2.45) is 11.6 Å².